The van der Waals surface area contributed by atoms with E-state index in [0.29, 0.717) is 14.8 Å². The molecule has 0 unspecified atom stereocenters. The van der Waals surface area contributed by atoms with Crippen LogP contribution in [0.5, 0.6) is 0 Å². The first-order valence-electron chi connectivity index (χ1n) is 7.87. The van der Waals surface area contributed by atoms with Crippen LogP contribution in [-0.4, -0.2) is 27.9 Å². The summed E-state index contributed by atoms with van der Waals surface area (Å²) in [6.07, 6.45) is 1.84. The van der Waals surface area contributed by atoms with E-state index in [1.165, 1.54) is 18.9 Å². The number of methoxy groups -OCH3 is 1. The number of nitrogens with zero attached hydrogens (tertiary/aromatic N) is 1. The molecule has 0 atom stereocenters. The Kier molecular flexibility index (Phi) is 5.09. The topological polar surface area (TPSA) is 60.3 Å². The van der Waals surface area contributed by atoms with Crippen LogP contribution in [0.1, 0.15) is 37.7 Å². The summed E-state index contributed by atoms with van der Waals surface area (Å²) in [4.78, 5) is 25.9. The van der Waals surface area contributed by atoms with Gasteiger partial charge in [0.2, 0.25) is 0 Å². The number of nitrogens with one attached hydrogen (secondary N) is 1. The summed E-state index contributed by atoms with van der Waals surface area (Å²) in [5.74, 6) is -0.520. The Balaban J connectivity index is 2.15. The van der Waals surface area contributed by atoms with E-state index in [0.717, 1.165) is 32.4 Å². The maximum Gasteiger partial charge on any atom is 0.341 e. The molecule has 3 heterocycles. The number of carbonyl (C=O) groups is 2. The average Bonchev–Trinajstić information content (AvgIpc) is 3.14. The van der Waals surface area contributed by atoms with E-state index in [2.05, 4.69) is 5.32 Å². The molecule has 5 nitrogen and oxygen atoms in total. The minimum Gasteiger partial charge on any atom is -0.465 e. The fourth-order valence-electron chi connectivity index (χ4n) is 2.92. The van der Waals surface area contributed by atoms with E-state index in [9.17, 15) is 9.59 Å². The predicted octanol–water partition coefficient (Wildman–Crippen LogP) is 4.05. The van der Waals surface area contributed by atoms with E-state index >= 15 is 0 Å². The Bertz CT molecular complexity index is 982. The maximum absolute atomic E-state index is 12.3. The van der Waals surface area contributed by atoms with E-state index in [1.807, 2.05) is 44.4 Å². The van der Waals surface area contributed by atoms with Crippen molar-refractivity contribution < 1.29 is 14.3 Å². The Hall–Kier alpha value is -1.90. The van der Waals surface area contributed by atoms with Crippen molar-refractivity contribution in [2.45, 2.75) is 27.7 Å². The van der Waals surface area contributed by atoms with Crippen molar-refractivity contribution >= 4 is 57.6 Å². The van der Waals surface area contributed by atoms with Crippen LogP contribution in [0.4, 0.5) is 0 Å². The number of aromatic nitrogens is 1. The van der Waals surface area contributed by atoms with Gasteiger partial charge in [-0.3, -0.25) is 4.79 Å². The van der Waals surface area contributed by atoms with Crippen molar-refractivity contribution in [2.24, 2.45) is 0 Å². The number of thioether (sulfide) groups is 1. The fraction of sp³-hybridized carbons (Fsp3) is 0.278. The van der Waals surface area contributed by atoms with Crippen molar-refractivity contribution in [1.82, 2.24) is 9.88 Å². The summed E-state index contributed by atoms with van der Waals surface area (Å²) < 4.78 is 7.49. The molecule has 8 heteroatoms. The lowest BCUT2D eigenvalue weighted by Gasteiger charge is -2.10. The summed E-state index contributed by atoms with van der Waals surface area (Å²) >= 11 is 7.86. The quantitative estimate of drug-likeness (QED) is 0.473. The first kappa shape index (κ1) is 18.9. The normalized spacial score (nSPS) is 15.7. The number of hydrogen-bond acceptors (Lipinski definition) is 6. The molecule has 1 fully saturated rings. The highest BCUT2D eigenvalue weighted by Crippen LogP contribution is 2.35. The lowest BCUT2D eigenvalue weighted by atomic mass is 10.1. The monoisotopic (exact) mass is 406 g/mol. The van der Waals surface area contributed by atoms with Gasteiger partial charge in [0.1, 0.15) is 9.32 Å². The zero-order valence-electron chi connectivity index (χ0n) is 15.1. The number of esters is 1. The number of ether oxygens (including phenoxy) is 1. The second kappa shape index (κ2) is 7.02. The average molecular weight is 407 g/mol. The molecule has 1 amide bonds. The molecular formula is C18H18N2O3S3. The molecule has 1 N–H and O–H groups in total. The maximum atomic E-state index is 12.3. The van der Waals surface area contributed by atoms with Crippen molar-refractivity contribution in [2.75, 3.05) is 7.11 Å². The molecule has 0 radical (unpaired) electrons. The zero-order valence-corrected chi connectivity index (χ0v) is 17.5. The third-order valence-electron chi connectivity index (χ3n) is 4.36. The molecule has 2 aromatic rings. The van der Waals surface area contributed by atoms with Gasteiger partial charge in [-0.05, 0) is 51.0 Å². The van der Waals surface area contributed by atoms with Gasteiger partial charge in [-0.15, -0.1) is 11.3 Å². The second-order valence-electron chi connectivity index (χ2n) is 5.97. The number of thiophene rings is 1. The summed E-state index contributed by atoms with van der Waals surface area (Å²) in [6.45, 7) is 7.88. The second-order valence-corrected chi connectivity index (χ2v) is 8.89. The van der Waals surface area contributed by atoms with Gasteiger partial charge in [0.05, 0.1) is 17.6 Å². The van der Waals surface area contributed by atoms with E-state index < -0.39 is 0 Å². The van der Waals surface area contributed by atoms with Gasteiger partial charge >= 0.3 is 5.97 Å². The summed E-state index contributed by atoms with van der Waals surface area (Å²) in [7, 11) is 1.39. The molecule has 0 saturated carbocycles. The van der Waals surface area contributed by atoms with Crippen LogP contribution in [0.25, 0.3) is 11.1 Å². The molecule has 0 bridgehead atoms. The third-order valence-corrected chi connectivity index (χ3v) is 6.71. The van der Waals surface area contributed by atoms with Crippen LogP contribution < -0.4 is 5.32 Å². The molecule has 26 heavy (non-hydrogen) atoms. The number of aryl methyl sites for hydroxylation is 2. The molecule has 136 valence electrons. The van der Waals surface area contributed by atoms with Gasteiger partial charge in [0.15, 0.2) is 0 Å². The highest BCUT2D eigenvalue weighted by atomic mass is 32.2. The van der Waals surface area contributed by atoms with Crippen molar-refractivity contribution in [3.63, 3.8) is 0 Å². The number of amides is 1. The Morgan fingerprint density at radius 1 is 1.31 bits per heavy atom. The van der Waals surface area contributed by atoms with E-state index in [-0.39, 0.29) is 11.9 Å². The number of hydrogen-bond donors (Lipinski definition) is 1. The van der Waals surface area contributed by atoms with Gasteiger partial charge in [-0.2, -0.15) is 0 Å². The highest BCUT2D eigenvalue weighted by Gasteiger charge is 2.25. The lowest BCUT2D eigenvalue weighted by molar-refractivity contribution is -0.115. The third kappa shape index (κ3) is 3.13. The minimum atomic E-state index is -0.342. The van der Waals surface area contributed by atoms with E-state index in [1.54, 1.807) is 11.3 Å². The molecule has 1 aliphatic rings. The van der Waals surface area contributed by atoms with Crippen molar-refractivity contribution in [1.29, 1.82) is 0 Å². The zero-order chi connectivity index (χ0) is 19.2. The first-order valence-corrected chi connectivity index (χ1v) is 9.91. The number of rotatable bonds is 3. The van der Waals surface area contributed by atoms with Crippen LogP contribution in [0, 0.1) is 27.7 Å². The van der Waals surface area contributed by atoms with Crippen molar-refractivity contribution in [3.8, 4) is 5.00 Å². The van der Waals surface area contributed by atoms with Crippen molar-refractivity contribution in [3.05, 3.63) is 43.9 Å². The van der Waals surface area contributed by atoms with Crippen LogP contribution >= 0.6 is 35.3 Å². The fourth-order valence-corrected chi connectivity index (χ4v) is 5.21. The Morgan fingerprint density at radius 2 is 2.00 bits per heavy atom. The first-order chi connectivity index (χ1) is 12.2. The smallest absolute Gasteiger partial charge is 0.341 e. The van der Waals surface area contributed by atoms with Gasteiger partial charge < -0.3 is 14.6 Å². The van der Waals surface area contributed by atoms with Gasteiger partial charge in [-0.1, -0.05) is 24.0 Å². The molecule has 0 spiro atoms. The molecule has 0 aromatic carbocycles. The Morgan fingerprint density at radius 3 is 2.58 bits per heavy atom. The molecule has 0 aliphatic carbocycles. The largest absolute Gasteiger partial charge is 0.465 e. The lowest BCUT2D eigenvalue weighted by Crippen LogP contribution is -2.17. The molecule has 1 aliphatic heterocycles. The Labute approximate surface area is 165 Å². The summed E-state index contributed by atoms with van der Waals surface area (Å²) in [5.41, 5.74) is 4.37. The van der Waals surface area contributed by atoms with Crippen LogP contribution in [0.3, 0.4) is 0 Å². The SMILES string of the molecule is COC(=O)c1c(-n2c(C)cc(/C=C3\SC(=S)NC3=O)c2C)sc(C)c1C. The standard InChI is InChI=1S/C18H18N2O3S3/c1-8-6-12(7-13-15(21)19-18(24)26-13)10(3)20(8)16-14(17(22)23-5)9(2)11(4)25-16/h6-7H,1-5H3,(H,19,21,24)/b13-7-. The molecule has 1 saturated heterocycles. The van der Waals surface area contributed by atoms with Crippen LogP contribution in [0.2, 0.25) is 0 Å². The number of carbonyl (C=O) groups excluding carboxylic acids is 2. The van der Waals surface area contributed by atoms with Crippen LogP contribution in [0.15, 0.2) is 11.0 Å². The number of thiocarbonyl (C=S) groups is 1. The summed E-state index contributed by atoms with van der Waals surface area (Å²) in [6, 6.07) is 2.00. The highest BCUT2D eigenvalue weighted by molar-refractivity contribution is 8.26. The predicted molar refractivity (Wildman–Crippen MR) is 110 cm³/mol. The van der Waals surface area contributed by atoms with E-state index in [4.69, 9.17) is 17.0 Å². The van der Waals surface area contributed by atoms with Gasteiger partial charge in [0.25, 0.3) is 5.91 Å². The van der Waals surface area contributed by atoms with Gasteiger partial charge in [0, 0.05) is 16.3 Å². The summed E-state index contributed by atoms with van der Waals surface area (Å²) in [5, 5.41) is 3.46. The molecular weight excluding hydrogens is 388 g/mol. The van der Waals surface area contributed by atoms with Crippen LogP contribution in [-0.2, 0) is 9.53 Å². The van der Waals surface area contributed by atoms with Gasteiger partial charge in [-0.25, -0.2) is 4.79 Å². The molecule has 3 rings (SSSR count). The molecule has 2 aromatic heterocycles. The minimum absolute atomic E-state index is 0.178.